The van der Waals surface area contributed by atoms with E-state index in [1.165, 1.54) is 11.8 Å². The van der Waals surface area contributed by atoms with E-state index >= 15 is 0 Å². The maximum Gasteiger partial charge on any atom is 0.348 e. The highest BCUT2D eigenvalue weighted by Crippen LogP contribution is 2.36. The zero-order valence-electron chi connectivity index (χ0n) is 12.7. The molecule has 0 aliphatic carbocycles. The van der Waals surface area contributed by atoms with Crippen LogP contribution in [0, 0.1) is 11.3 Å². The maximum absolute atomic E-state index is 12.1. The van der Waals surface area contributed by atoms with Crippen molar-refractivity contribution in [3.63, 3.8) is 0 Å². The largest absolute Gasteiger partial charge is 0.462 e. The highest BCUT2D eigenvalue weighted by atomic mass is 32.2. The quantitative estimate of drug-likeness (QED) is 0.546. The number of esters is 1. The van der Waals surface area contributed by atoms with Gasteiger partial charge >= 0.3 is 5.97 Å². The van der Waals surface area contributed by atoms with Crippen molar-refractivity contribution in [2.24, 2.45) is 0 Å². The summed E-state index contributed by atoms with van der Waals surface area (Å²) in [4.78, 5) is 16.8. The van der Waals surface area contributed by atoms with Crippen molar-refractivity contribution in [3.8, 4) is 6.07 Å². The van der Waals surface area contributed by atoms with Crippen molar-refractivity contribution in [1.82, 2.24) is 4.98 Å². The molecule has 2 aromatic heterocycles. The highest BCUT2D eigenvalue weighted by Gasteiger charge is 2.23. The molecule has 0 unspecified atom stereocenters. The van der Waals surface area contributed by atoms with Crippen LogP contribution in [0.4, 0.5) is 5.00 Å². The third-order valence-electron chi connectivity index (χ3n) is 3.22. The van der Waals surface area contributed by atoms with Crippen LogP contribution in [0.25, 0.3) is 11.1 Å². The first-order valence-electron chi connectivity index (χ1n) is 7.10. The van der Waals surface area contributed by atoms with Crippen LogP contribution in [0.1, 0.15) is 27.7 Å². The molecule has 0 saturated heterocycles. The van der Waals surface area contributed by atoms with Gasteiger partial charge < -0.3 is 14.9 Å². The molecule has 0 aliphatic heterocycles. The topological polar surface area (TPSA) is 102 Å². The summed E-state index contributed by atoms with van der Waals surface area (Å²) in [5, 5.41) is 10.1. The summed E-state index contributed by atoms with van der Waals surface area (Å²) in [5.74, 6) is -0.124. The van der Waals surface area contributed by atoms with Crippen LogP contribution in [0.5, 0.6) is 0 Å². The minimum Gasteiger partial charge on any atom is -0.462 e. The average Bonchev–Trinajstić information content (AvgIpc) is 3.13. The Labute approximate surface area is 146 Å². The Morgan fingerprint density at radius 1 is 1.50 bits per heavy atom. The Hall–Kier alpha value is -2.50. The summed E-state index contributed by atoms with van der Waals surface area (Å²) in [5.41, 5.74) is 8.18. The second-order valence-corrected chi connectivity index (χ2v) is 6.70. The third kappa shape index (κ3) is 3.09. The molecule has 24 heavy (non-hydrogen) atoms. The number of carbonyl (C=O) groups excluding carboxylic acids is 1. The van der Waals surface area contributed by atoms with E-state index < -0.39 is 5.97 Å². The van der Waals surface area contributed by atoms with Gasteiger partial charge in [0.25, 0.3) is 5.22 Å². The Morgan fingerprint density at radius 2 is 2.29 bits per heavy atom. The first-order valence-corrected chi connectivity index (χ1v) is 8.91. The lowest BCUT2D eigenvalue weighted by Crippen LogP contribution is -2.05. The fourth-order valence-corrected chi connectivity index (χ4v) is 4.04. The lowest BCUT2D eigenvalue weighted by Gasteiger charge is -2.02. The summed E-state index contributed by atoms with van der Waals surface area (Å²) in [6.07, 6.45) is 0. The summed E-state index contributed by atoms with van der Waals surface area (Å²) in [6.45, 7) is 1.99. The molecule has 0 aliphatic rings. The van der Waals surface area contributed by atoms with E-state index in [9.17, 15) is 10.1 Å². The van der Waals surface area contributed by atoms with Crippen LogP contribution in [-0.4, -0.2) is 17.6 Å². The second kappa shape index (κ2) is 6.95. The van der Waals surface area contributed by atoms with Gasteiger partial charge in [0, 0.05) is 11.3 Å². The molecule has 1 aromatic carbocycles. The molecule has 8 heteroatoms. The number of anilines is 1. The number of nitrogen functional groups attached to an aromatic ring is 1. The van der Waals surface area contributed by atoms with Gasteiger partial charge in [0.05, 0.1) is 12.2 Å². The van der Waals surface area contributed by atoms with E-state index in [2.05, 4.69) is 11.1 Å². The molecule has 0 amide bonds. The number of aromatic nitrogens is 1. The minimum absolute atomic E-state index is 0.260. The molecule has 3 rings (SSSR count). The fourth-order valence-electron chi connectivity index (χ4n) is 2.15. The Kier molecular flexibility index (Phi) is 4.74. The number of ether oxygens (including phenoxy) is 1. The van der Waals surface area contributed by atoms with Crippen molar-refractivity contribution in [3.05, 3.63) is 40.3 Å². The van der Waals surface area contributed by atoms with Gasteiger partial charge in [-0.2, -0.15) is 5.26 Å². The molecule has 6 nitrogen and oxygen atoms in total. The number of nitriles is 1. The van der Waals surface area contributed by atoms with Crippen molar-refractivity contribution in [1.29, 1.82) is 5.26 Å². The predicted octanol–water partition coefficient (Wildman–Crippen LogP) is 3.81. The minimum atomic E-state index is -0.469. The van der Waals surface area contributed by atoms with Crippen LogP contribution in [0.3, 0.4) is 0 Å². The first kappa shape index (κ1) is 16.4. The number of benzene rings is 1. The first-order chi connectivity index (χ1) is 11.6. The van der Waals surface area contributed by atoms with E-state index in [1.54, 1.807) is 6.92 Å². The molecule has 0 radical (unpaired) electrons. The van der Waals surface area contributed by atoms with Gasteiger partial charge in [-0.1, -0.05) is 23.9 Å². The molecule has 0 fully saturated rings. The number of thiophene rings is 1. The van der Waals surface area contributed by atoms with Crippen LogP contribution in [0.2, 0.25) is 0 Å². The zero-order valence-corrected chi connectivity index (χ0v) is 14.4. The third-order valence-corrected chi connectivity index (χ3v) is 5.12. The Bertz CT molecular complexity index is 907. The number of hydrogen-bond donors (Lipinski definition) is 1. The van der Waals surface area contributed by atoms with Gasteiger partial charge in [-0.05, 0) is 19.1 Å². The van der Waals surface area contributed by atoms with Gasteiger partial charge in [0.15, 0.2) is 5.58 Å². The number of carbonyl (C=O) groups is 1. The normalized spacial score (nSPS) is 10.7. The summed E-state index contributed by atoms with van der Waals surface area (Å²) >= 11 is 2.38. The highest BCUT2D eigenvalue weighted by molar-refractivity contribution is 7.98. The molecule has 0 atom stereocenters. The van der Waals surface area contributed by atoms with Crippen LogP contribution < -0.4 is 5.73 Å². The standard InChI is InChI=1S/C16H13N3O3S2/c1-2-21-15(20)13-10(9(7-17)14(18)24-13)8-23-16-19-11-5-3-4-6-12(11)22-16/h3-6H,2,8,18H2,1H3. The lowest BCUT2D eigenvalue weighted by molar-refractivity contribution is 0.0531. The number of rotatable bonds is 5. The number of para-hydroxylation sites is 2. The lowest BCUT2D eigenvalue weighted by atomic mass is 10.2. The zero-order chi connectivity index (χ0) is 17.1. The number of oxazole rings is 1. The van der Waals surface area contributed by atoms with Gasteiger partial charge in [-0.3, -0.25) is 0 Å². The molecule has 0 spiro atoms. The molecule has 122 valence electrons. The predicted molar refractivity (Wildman–Crippen MR) is 93.0 cm³/mol. The van der Waals surface area contributed by atoms with E-state index in [-0.39, 0.29) is 6.61 Å². The smallest absolute Gasteiger partial charge is 0.348 e. The second-order valence-electron chi connectivity index (χ2n) is 4.72. The van der Waals surface area contributed by atoms with Crippen molar-refractivity contribution < 1.29 is 13.9 Å². The van der Waals surface area contributed by atoms with E-state index in [4.69, 9.17) is 14.9 Å². The maximum atomic E-state index is 12.1. The Balaban J connectivity index is 1.88. The van der Waals surface area contributed by atoms with Crippen LogP contribution in [0.15, 0.2) is 33.9 Å². The molecule has 2 N–H and O–H groups in total. The molecule has 0 bridgehead atoms. The molecular formula is C16H13N3O3S2. The van der Waals surface area contributed by atoms with Crippen molar-refractivity contribution in [2.45, 2.75) is 17.9 Å². The number of hydrogen-bond acceptors (Lipinski definition) is 8. The van der Waals surface area contributed by atoms with Crippen molar-refractivity contribution in [2.75, 3.05) is 12.3 Å². The van der Waals surface area contributed by atoms with E-state index in [1.807, 2.05) is 24.3 Å². The van der Waals surface area contributed by atoms with Crippen molar-refractivity contribution >= 4 is 45.2 Å². The molecule has 3 aromatic rings. The monoisotopic (exact) mass is 359 g/mol. The number of nitrogens with zero attached hydrogens (tertiary/aromatic N) is 2. The van der Waals surface area contributed by atoms with Crippen LogP contribution in [-0.2, 0) is 10.5 Å². The molecular weight excluding hydrogens is 346 g/mol. The summed E-state index contributed by atoms with van der Waals surface area (Å²) in [7, 11) is 0. The van der Waals surface area contributed by atoms with Gasteiger partial charge in [-0.15, -0.1) is 11.3 Å². The van der Waals surface area contributed by atoms with Gasteiger partial charge in [0.1, 0.15) is 21.5 Å². The number of fused-ring (bicyclic) bond motifs is 1. The number of thioether (sulfide) groups is 1. The van der Waals surface area contributed by atoms with E-state index in [0.29, 0.717) is 37.6 Å². The number of nitrogens with two attached hydrogens (primary N) is 1. The SMILES string of the molecule is CCOC(=O)c1sc(N)c(C#N)c1CSc1nc2ccccc2o1. The Morgan fingerprint density at radius 3 is 3.00 bits per heavy atom. The summed E-state index contributed by atoms with van der Waals surface area (Å²) < 4.78 is 10.7. The van der Waals surface area contributed by atoms with Crippen LogP contribution >= 0.6 is 23.1 Å². The fraction of sp³-hybridized carbons (Fsp3) is 0.188. The van der Waals surface area contributed by atoms with Gasteiger partial charge in [-0.25, -0.2) is 9.78 Å². The molecule has 2 heterocycles. The molecule has 0 saturated carbocycles. The van der Waals surface area contributed by atoms with E-state index in [0.717, 1.165) is 16.9 Å². The summed E-state index contributed by atoms with van der Waals surface area (Å²) in [6, 6.07) is 9.50. The van der Waals surface area contributed by atoms with Gasteiger partial charge in [0.2, 0.25) is 0 Å². The average molecular weight is 359 g/mol.